The van der Waals surface area contributed by atoms with Crippen LogP contribution in [-0.4, -0.2) is 16.1 Å². The Morgan fingerprint density at radius 3 is 2.64 bits per heavy atom. The molecule has 4 aromatic rings. The Hall–Kier alpha value is -3.66. The topological polar surface area (TPSA) is 43.6 Å². The minimum atomic E-state index is 0.0606. The van der Waals surface area contributed by atoms with Gasteiger partial charge in [-0.25, -0.2) is 0 Å². The van der Waals surface area contributed by atoms with Gasteiger partial charge in [-0.15, -0.1) is 0 Å². The molecule has 1 unspecified atom stereocenters. The van der Waals surface area contributed by atoms with Crippen LogP contribution in [-0.2, 0) is 17.8 Å². The first-order valence-corrected chi connectivity index (χ1v) is 11.5. The number of fused-ring (bicyclic) bond motifs is 5. The molecule has 5 rings (SSSR count). The van der Waals surface area contributed by atoms with Crippen molar-refractivity contribution >= 4 is 33.3 Å². The van der Waals surface area contributed by atoms with Gasteiger partial charge in [-0.05, 0) is 62.6 Å². The van der Waals surface area contributed by atoms with E-state index in [1.807, 2.05) is 37.3 Å². The summed E-state index contributed by atoms with van der Waals surface area (Å²) < 4.78 is 2.33. The highest BCUT2D eigenvalue weighted by atomic mass is 16.6. The van der Waals surface area contributed by atoms with Crippen molar-refractivity contribution in [2.24, 2.45) is 11.1 Å². The van der Waals surface area contributed by atoms with Crippen LogP contribution in [0.15, 0.2) is 72.1 Å². The molecule has 1 aliphatic carbocycles. The van der Waals surface area contributed by atoms with Crippen LogP contribution in [0.3, 0.4) is 0 Å². The number of aryl methyl sites for hydroxylation is 2. The molecule has 0 N–H and O–H groups in total. The molecule has 0 bridgehead atoms. The highest BCUT2D eigenvalue weighted by Crippen LogP contribution is 2.39. The lowest BCUT2D eigenvalue weighted by atomic mass is 9.96. The van der Waals surface area contributed by atoms with Crippen molar-refractivity contribution in [3.8, 4) is 0 Å². The van der Waals surface area contributed by atoms with E-state index in [-0.39, 0.29) is 11.7 Å². The monoisotopic (exact) mass is 436 g/mol. The number of oxime groups is 1. The molecule has 0 amide bonds. The number of carbonyl (C=O) groups excluding carboxylic acids is 1. The second-order valence-electron chi connectivity index (χ2n) is 8.98. The number of hydrogen-bond donors (Lipinski definition) is 0. The summed E-state index contributed by atoms with van der Waals surface area (Å²) in [4.78, 5) is 18.8. The molecule has 0 fully saturated rings. The SMILES string of the molecule is C=C(C)O/N=C1\c2ccc3c(c2CC1C)c1cc(C(=O)c2ccccc2C)ccc1n3CC. The van der Waals surface area contributed by atoms with Crippen LogP contribution in [0.5, 0.6) is 0 Å². The minimum absolute atomic E-state index is 0.0606. The summed E-state index contributed by atoms with van der Waals surface area (Å²) in [5.74, 6) is 0.887. The van der Waals surface area contributed by atoms with Gasteiger partial charge in [0.2, 0.25) is 0 Å². The molecule has 0 saturated carbocycles. The Morgan fingerprint density at radius 2 is 1.91 bits per heavy atom. The molecule has 4 heteroatoms. The molecule has 4 nitrogen and oxygen atoms in total. The van der Waals surface area contributed by atoms with E-state index < -0.39 is 0 Å². The van der Waals surface area contributed by atoms with E-state index in [1.54, 1.807) is 6.92 Å². The predicted molar refractivity (Wildman–Crippen MR) is 135 cm³/mol. The maximum Gasteiger partial charge on any atom is 0.193 e. The number of rotatable bonds is 5. The Labute approximate surface area is 194 Å². The molecule has 3 aromatic carbocycles. The lowest BCUT2D eigenvalue weighted by molar-refractivity contribution is 0.103. The van der Waals surface area contributed by atoms with Crippen LogP contribution >= 0.6 is 0 Å². The minimum Gasteiger partial charge on any atom is -0.362 e. The normalized spacial score (nSPS) is 16.5. The number of ketones is 1. The molecule has 166 valence electrons. The van der Waals surface area contributed by atoms with Gasteiger partial charge < -0.3 is 9.40 Å². The van der Waals surface area contributed by atoms with Crippen molar-refractivity contribution in [3.63, 3.8) is 0 Å². The number of nitrogens with zero attached hydrogens (tertiary/aromatic N) is 2. The van der Waals surface area contributed by atoms with Crippen LogP contribution < -0.4 is 0 Å². The van der Waals surface area contributed by atoms with Crippen LogP contribution in [0.1, 0.15) is 53.4 Å². The van der Waals surface area contributed by atoms with Gasteiger partial charge in [0.1, 0.15) is 5.76 Å². The van der Waals surface area contributed by atoms with Crippen LogP contribution in [0.4, 0.5) is 0 Å². The third kappa shape index (κ3) is 3.37. The van der Waals surface area contributed by atoms with Crippen LogP contribution in [0.25, 0.3) is 21.8 Å². The highest BCUT2D eigenvalue weighted by molar-refractivity contribution is 6.19. The van der Waals surface area contributed by atoms with E-state index >= 15 is 0 Å². The first-order chi connectivity index (χ1) is 15.9. The van der Waals surface area contributed by atoms with E-state index in [0.717, 1.165) is 51.8 Å². The first-order valence-electron chi connectivity index (χ1n) is 11.5. The lowest BCUT2D eigenvalue weighted by Gasteiger charge is -2.06. The molecular formula is C29H28N2O2. The van der Waals surface area contributed by atoms with Gasteiger partial charge in [-0.3, -0.25) is 4.79 Å². The van der Waals surface area contributed by atoms with Crippen molar-refractivity contribution in [2.75, 3.05) is 0 Å². The third-order valence-electron chi connectivity index (χ3n) is 6.66. The molecule has 0 spiro atoms. The summed E-state index contributed by atoms with van der Waals surface area (Å²) in [6.07, 6.45) is 0.893. The Bertz CT molecular complexity index is 1470. The lowest BCUT2D eigenvalue weighted by Crippen LogP contribution is -2.06. The van der Waals surface area contributed by atoms with Crippen molar-refractivity contribution < 1.29 is 9.63 Å². The summed E-state index contributed by atoms with van der Waals surface area (Å²) in [5.41, 5.74) is 8.17. The van der Waals surface area contributed by atoms with Gasteiger partial charge in [0.25, 0.3) is 0 Å². The fraction of sp³-hybridized carbons (Fsp3) is 0.241. The molecular weight excluding hydrogens is 408 g/mol. The Morgan fingerprint density at radius 1 is 1.15 bits per heavy atom. The smallest absolute Gasteiger partial charge is 0.193 e. The van der Waals surface area contributed by atoms with E-state index in [9.17, 15) is 4.79 Å². The Kier molecular flexibility index (Phi) is 5.16. The van der Waals surface area contributed by atoms with Gasteiger partial charge in [0, 0.05) is 51.0 Å². The van der Waals surface area contributed by atoms with Gasteiger partial charge in [-0.2, -0.15) is 0 Å². The van der Waals surface area contributed by atoms with Crippen molar-refractivity contribution in [2.45, 2.75) is 40.7 Å². The van der Waals surface area contributed by atoms with Crippen LogP contribution in [0, 0.1) is 12.8 Å². The maximum absolute atomic E-state index is 13.4. The fourth-order valence-corrected chi connectivity index (χ4v) is 5.11. The average Bonchev–Trinajstić information content (AvgIpc) is 3.30. The second kappa shape index (κ2) is 8.04. The largest absolute Gasteiger partial charge is 0.362 e. The number of allylic oxidation sites excluding steroid dienone is 1. The fourth-order valence-electron chi connectivity index (χ4n) is 5.11. The van der Waals surface area contributed by atoms with Crippen LogP contribution in [0.2, 0.25) is 0 Å². The molecule has 0 aliphatic heterocycles. The molecule has 0 radical (unpaired) electrons. The van der Waals surface area contributed by atoms with E-state index in [2.05, 4.69) is 54.4 Å². The summed E-state index contributed by atoms with van der Waals surface area (Å²) in [7, 11) is 0. The summed E-state index contributed by atoms with van der Waals surface area (Å²) in [6, 6.07) is 18.2. The number of carbonyl (C=O) groups is 1. The van der Waals surface area contributed by atoms with Gasteiger partial charge in [0.15, 0.2) is 5.78 Å². The van der Waals surface area contributed by atoms with Gasteiger partial charge in [-0.1, -0.05) is 49.0 Å². The summed E-state index contributed by atoms with van der Waals surface area (Å²) in [5, 5.41) is 6.75. The summed E-state index contributed by atoms with van der Waals surface area (Å²) in [6.45, 7) is 12.8. The second-order valence-corrected chi connectivity index (χ2v) is 8.98. The first kappa shape index (κ1) is 21.2. The zero-order chi connectivity index (χ0) is 23.3. The van der Waals surface area contributed by atoms with Crippen molar-refractivity contribution in [1.82, 2.24) is 4.57 Å². The average molecular weight is 437 g/mol. The zero-order valence-electron chi connectivity index (χ0n) is 19.6. The van der Waals surface area contributed by atoms with E-state index in [1.165, 1.54) is 16.5 Å². The zero-order valence-corrected chi connectivity index (χ0v) is 19.6. The predicted octanol–water partition coefficient (Wildman–Crippen LogP) is 6.80. The van der Waals surface area contributed by atoms with Crippen molar-refractivity contribution in [1.29, 1.82) is 0 Å². The van der Waals surface area contributed by atoms with Gasteiger partial charge >= 0.3 is 0 Å². The number of aromatic nitrogens is 1. The maximum atomic E-state index is 13.4. The molecule has 33 heavy (non-hydrogen) atoms. The Balaban J connectivity index is 1.74. The molecule has 1 aromatic heterocycles. The van der Waals surface area contributed by atoms with E-state index in [0.29, 0.717) is 5.76 Å². The molecule has 1 heterocycles. The molecule has 0 saturated heterocycles. The highest BCUT2D eigenvalue weighted by Gasteiger charge is 2.30. The third-order valence-corrected chi connectivity index (χ3v) is 6.66. The number of hydrogen-bond acceptors (Lipinski definition) is 3. The molecule has 1 atom stereocenters. The van der Waals surface area contributed by atoms with E-state index in [4.69, 9.17) is 4.84 Å². The summed E-state index contributed by atoms with van der Waals surface area (Å²) >= 11 is 0. The quantitative estimate of drug-likeness (QED) is 0.196. The van der Waals surface area contributed by atoms with Gasteiger partial charge in [0.05, 0.1) is 5.71 Å². The standard InChI is InChI=1S/C29H28N2O2/c1-6-31-25-13-11-20(29(32)21-10-8-7-9-18(21)4)16-24(25)27-23-15-19(5)28(30-33-17(2)3)22(23)12-14-26(27)31/h7-14,16,19H,2,6,15H2,1,3-5H3/b30-28-. The van der Waals surface area contributed by atoms with Crippen molar-refractivity contribution in [3.05, 3.63) is 94.8 Å². The molecule has 1 aliphatic rings. The number of benzene rings is 3.